The van der Waals surface area contributed by atoms with Gasteiger partial charge in [0.15, 0.2) is 0 Å². The molecule has 0 radical (unpaired) electrons. The number of ether oxygens (including phenoxy) is 1. The minimum absolute atomic E-state index is 0.00345. The second-order valence-electron chi connectivity index (χ2n) is 7.56. The molecule has 1 aliphatic rings. The number of likely N-dealkylation sites (tertiary alicyclic amines) is 1. The van der Waals surface area contributed by atoms with Gasteiger partial charge in [-0.05, 0) is 43.2 Å². The van der Waals surface area contributed by atoms with E-state index in [1.165, 1.54) is 7.11 Å². The van der Waals surface area contributed by atoms with Crippen LogP contribution < -0.4 is 10.1 Å². The number of hydrogen-bond acceptors (Lipinski definition) is 5. The zero-order chi connectivity index (χ0) is 22.5. The largest absolute Gasteiger partial charge is 0.480 e. The summed E-state index contributed by atoms with van der Waals surface area (Å²) in [7, 11) is 1.54. The van der Waals surface area contributed by atoms with E-state index in [0.29, 0.717) is 53.7 Å². The fraction of sp³-hybridized carbons (Fsp3) is 0.250. The summed E-state index contributed by atoms with van der Waals surface area (Å²) >= 11 is 6.11. The Morgan fingerprint density at radius 3 is 2.50 bits per heavy atom. The lowest BCUT2D eigenvalue weighted by atomic mass is 10.0. The highest BCUT2D eigenvalue weighted by molar-refractivity contribution is 6.33. The molecule has 0 aliphatic carbocycles. The van der Waals surface area contributed by atoms with Gasteiger partial charge in [-0.25, -0.2) is 0 Å². The number of benzene rings is 2. The van der Waals surface area contributed by atoms with Crippen molar-refractivity contribution in [3.63, 3.8) is 0 Å². The van der Waals surface area contributed by atoms with Gasteiger partial charge in [-0.2, -0.15) is 0 Å². The number of amides is 2. The van der Waals surface area contributed by atoms with Crippen LogP contribution in [0.2, 0.25) is 5.02 Å². The van der Waals surface area contributed by atoms with Crippen LogP contribution in [0.3, 0.4) is 0 Å². The van der Waals surface area contributed by atoms with E-state index in [4.69, 9.17) is 16.3 Å². The average molecular weight is 451 g/mol. The molecular weight excluding hydrogens is 428 g/mol. The summed E-state index contributed by atoms with van der Waals surface area (Å²) in [4.78, 5) is 27.3. The lowest BCUT2D eigenvalue weighted by Gasteiger charge is -2.32. The number of piperidine rings is 1. The molecule has 0 saturated carbocycles. The van der Waals surface area contributed by atoms with Crippen molar-refractivity contribution in [2.24, 2.45) is 0 Å². The Morgan fingerprint density at radius 2 is 1.81 bits per heavy atom. The molecule has 2 heterocycles. The topological polar surface area (TPSA) is 84.4 Å². The molecule has 0 spiro atoms. The monoisotopic (exact) mass is 450 g/mol. The Hall–Kier alpha value is -3.45. The first-order chi connectivity index (χ1) is 15.5. The molecule has 1 saturated heterocycles. The number of nitrogens with zero attached hydrogens (tertiary/aromatic N) is 3. The summed E-state index contributed by atoms with van der Waals surface area (Å²) < 4.78 is 5.04. The standard InChI is InChI=1S/C24H23ClN4O3/c1-32-22-10-9-21(27-28-22)16-5-4-6-17(15-16)24(31)29-13-11-18(12-14-29)26-23(30)19-7-2-3-8-20(19)25/h2-10,15,18H,11-14H2,1H3,(H,26,30). The number of methoxy groups -OCH3 is 1. The van der Waals surface area contributed by atoms with Crippen molar-refractivity contribution < 1.29 is 14.3 Å². The third-order valence-corrected chi connectivity index (χ3v) is 5.82. The molecule has 1 N–H and O–H groups in total. The van der Waals surface area contributed by atoms with E-state index in [1.54, 1.807) is 36.4 Å². The predicted octanol–water partition coefficient (Wildman–Crippen LogP) is 3.84. The lowest BCUT2D eigenvalue weighted by molar-refractivity contribution is 0.0698. The van der Waals surface area contributed by atoms with Crippen LogP contribution in [0.25, 0.3) is 11.3 Å². The van der Waals surface area contributed by atoms with E-state index in [-0.39, 0.29) is 17.9 Å². The van der Waals surface area contributed by atoms with Crippen LogP contribution in [0, 0.1) is 0 Å². The Balaban J connectivity index is 1.37. The van der Waals surface area contributed by atoms with Gasteiger partial charge in [0.25, 0.3) is 11.8 Å². The van der Waals surface area contributed by atoms with Gasteiger partial charge in [-0.15, -0.1) is 10.2 Å². The van der Waals surface area contributed by atoms with E-state index >= 15 is 0 Å². The molecular formula is C24H23ClN4O3. The second-order valence-corrected chi connectivity index (χ2v) is 7.97. The minimum atomic E-state index is -0.186. The van der Waals surface area contributed by atoms with Crippen molar-refractivity contribution >= 4 is 23.4 Å². The van der Waals surface area contributed by atoms with Crippen LogP contribution in [0.1, 0.15) is 33.6 Å². The first-order valence-corrected chi connectivity index (χ1v) is 10.8. The normalized spacial score (nSPS) is 14.1. The fourth-order valence-electron chi connectivity index (χ4n) is 3.71. The highest BCUT2D eigenvalue weighted by Gasteiger charge is 2.25. The summed E-state index contributed by atoms with van der Waals surface area (Å²) in [6.07, 6.45) is 1.37. The Kier molecular flexibility index (Phi) is 6.66. The van der Waals surface area contributed by atoms with Crippen molar-refractivity contribution in [2.75, 3.05) is 20.2 Å². The van der Waals surface area contributed by atoms with Crippen molar-refractivity contribution in [3.8, 4) is 17.1 Å². The highest BCUT2D eigenvalue weighted by Crippen LogP contribution is 2.22. The van der Waals surface area contributed by atoms with Gasteiger partial charge in [0.1, 0.15) is 0 Å². The van der Waals surface area contributed by atoms with Crippen LogP contribution in [0.4, 0.5) is 0 Å². The molecule has 8 heteroatoms. The summed E-state index contributed by atoms with van der Waals surface area (Å²) in [6.45, 7) is 1.14. The number of carbonyl (C=O) groups excluding carboxylic acids is 2. The van der Waals surface area contributed by atoms with E-state index in [1.807, 2.05) is 29.2 Å². The average Bonchev–Trinajstić information content (AvgIpc) is 2.84. The summed E-state index contributed by atoms with van der Waals surface area (Å²) in [6, 6.07) is 17.9. The van der Waals surface area contributed by atoms with Crippen molar-refractivity contribution in [1.82, 2.24) is 20.4 Å². The fourth-order valence-corrected chi connectivity index (χ4v) is 3.93. The van der Waals surface area contributed by atoms with Gasteiger partial charge in [-0.1, -0.05) is 35.9 Å². The van der Waals surface area contributed by atoms with Crippen LogP contribution in [-0.4, -0.2) is 53.2 Å². The van der Waals surface area contributed by atoms with Crippen molar-refractivity contribution in [3.05, 3.63) is 76.8 Å². The molecule has 2 amide bonds. The minimum Gasteiger partial charge on any atom is -0.480 e. The number of carbonyl (C=O) groups is 2. The molecule has 0 atom stereocenters. The first-order valence-electron chi connectivity index (χ1n) is 10.4. The van der Waals surface area contributed by atoms with Crippen LogP contribution in [-0.2, 0) is 0 Å². The smallest absolute Gasteiger partial charge is 0.253 e. The maximum atomic E-state index is 13.0. The Labute approximate surface area is 191 Å². The van der Waals surface area contributed by atoms with Crippen LogP contribution >= 0.6 is 11.6 Å². The van der Waals surface area contributed by atoms with E-state index in [0.717, 1.165) is 5.56 Å². The van der Waals surface area contributed by atoms with Gasteiger partial charge in [0.05, 0.1) is 23.4 Å². The van der Waals surface area contributed by atoms with Gasteiger partial charge in [-0.3, -0.25) is 9.59 Å². The third kappa shape index (κ3) is 4.89. The molecule has 1 aliphatic heterocycles. The number of halogens is 1. The van der Waals surface area contributed by atoms with Crippen molar-refractivity contribution in [2.45, 2.75) is 18.9 Å². The van der Waals surface area contributed by atoms with Crippen molar-refractivity contribution in [1.29, 1.82) is 0 Å². The molecule has 1 aromatic heterocycles. The Morgan fingerprint density at radius 1 is 1.03 bits per heavy atom. The van der Waals surface area contributed by atoms with E-state index in [2.05, 4.69) is 15.5 Å². The first kappa shape index (κ1) is 21.8. The maximum absolute atomic E-state index is 13.0. The van der Waals surface area contributed by atoms with Gasteiger partial charge >= 0.3 is 0 Å². The quantitative estimate of drug-likeness (QED) is 0.638. The maximum Gasteiger partial charge on any atom is 0.253 e. The molecule has 0 unspecified atom stereocenters. The summed E-state index contributed by atoms with van der Waals surface area (Å²) in [5, 5.41) is 11.6. The van der Waals surface area contributed by atoms with Crippen LogP contribution in [0.15, 0.2) is 60.7 Å². The molecule has 32 heavy (non-hydrogen) atoms. The molecule has 1 fully saturated rings. The zero-order valence-corrected chi connectivity index (χ0v) is 18.4. The van der Waals surface area contributed by atoms with Crippen LogP contribution in [0.5, 0.6) is 5.88 Å². The molecule has 7 nitrogen and oxygen atoms in total. The van der Waals surface area contributed by atoms with E-state index in [9.17, 15) is 9.59 Å². The number of aromatic nitrogens is 2. The molecule has 3 aromatic rings. The summed E-state index contributed by atoms with van der Waals surface area (Å²) in [5.41, 5.74) is 2.54. The van der Waals surface area contributed by atoms with Gasteiger partial charge in [0.2, 0.25) is 5.88 Å². The third-order valence-electron chi connectivity index (χ3n) is 5.49. The molecule has 4 rings (SSSR count). The summed E-state index contributed by atoms with van der Waals surface area (Å²) in [5.74, 6) is 0.211. The van der Waals surface area contributed by atoms with Gasteiger partial charge < -0.3 is 15.0 Å². The second kappa shape index (κ2) is 9.78. The molecule has 0 bridgehead atoms. The SMILES string of the molecule is COc1ccc(-c2cccc(C(=O)N3CCC(NC(=O)c4ccccc4Cl)CC3)c2)nn1. The predicted molar refractivity (Wildman–Crippen MR) is 122 cm³/mol. The number of hydrogen-bond donors (Lipinski definition) is 1. The number of rotatable bonds is 5. The molecule has 164 valence electrons. The van der Waals surface area contributed by atoms with E-state index < -0.39 is 0 Å². The molecule has 2 aromatic carbocycles. The Bertz CT molecular complexity index is 1110. The number of nitrogens with one attached hydrogen (secondary N) is 1. The lowest BCUT2D eigenvalue weighted by Crippen LogP contribution is -2.46. The van der Waals surface area contributed by atoms with Gasteiger partial charge in [0, 0.05) is 36.3 Å². The zero-order valence-electron chi connectivity index (χ0n) is 17.6. The highest BCUT2D eigenvalue weighted by atomic mass is 35.5.